The molecular formula is C28H28Si. The molecule has 144 valence electrons. The number of fused-ring (bicyclic) bond motifs is 4. The Hall–Kier alpha value is -2.64. The van der Waals surface area contributed by atoms with Gasteiger partial charge in [0.2, 0.25) is 0 Å². The summed E-state index contributed by atoms with van der Waals surface area (Å²) in [5.41, 5.74) is 10.7. The number of rotatable bonds is 4. The molecule has 0 fully saturated rings. The minimum atomic E-state index is -1.74. The SMILES string of the molecule is CC/C=C/c1ccc2c(c1)C=CC2[Si](C)(C)c1cccc2c1Cc1ccccc1-2. The highest BCUT2D eigenvalue weighted by Crippen LogP contribution is 2.41. The van der Waals surface area contributed by atoms with Crippen LogP contribution in [0, 0.1) is 0 Å². The summed E-state index contributed by atoms with van der Waals surface area (Å²) in [5.74, 6) is 0. The minimum Gasteiger partial charge on any atom is -0.0842 e. The summed E-state index contributed by atoms with van der Waals surface area (Å²) < 4.78 is 0. The summed E-state index contributed by atoms with van der Waals surface area (Å²) in [5, 5.41) is 1.63. The van der Waals surface area contributed by atoms with E-state index in [1.165, 1.54) is 33.4 Å². The van der Waals surface area contributed by atoms with Gasteiger partial charge in [-0.3, -0.25) is 0 Å². The topological polar surface area (TPSA) is 0 Å². The Morgan fingerprint density at radius 2 is 1.79 bits per heavy atom. The number of allylic oxidation sites excluding steroid dienone is 2. The van der Waals surface area contributed by atoms with Crippen molar-refractivity contribution in [1.82, 2.24) is 0 Å². The van der Waals surface area contributed by atoms with Crippen LogP contribution >= 0.6 is 0 Å². The lowest BCUT2D eigenvalue weighted by atomic mass is 10.1. The maximum atomic E-state index is 2.56. The molecule has 0 saturated carbocycles. The summed E-state index contributed by atoms with van der Waals surface area (Å²) in [6, 6.07) is 23.0. The summed E-state index contributed by atoms with van der Waals surface area (Å²) in [6.45, 7) is 7.30. The largest absolute Gasteiger partial charge is 0.0923 e. The third-order valence-electron chi connectivity index (χ3n) is 6.78. The molecule has 1 heteroatoms. The van der Waals surface area contributed by atoms with E-state index in [2.05, 4.69) is 105 Å². The van der Waals surface area contributed by atoms with Gasteiger partial charge in [0.15, 0.2) is 0 Å². The fourth-order valence-electron chi connectivity index (χ4n) is 5.24. The molecule has 0 bridgehead atoms. The summed E-state index contributed by atoms with van der Waals surface area (Å²) in [4.78, 5) is 0. The van der Waals surface area contributed by atoms with Gasteiger partial charge in [0.05, 0.1) is 8.07 Å². The third kappa shape index (κ3) is 2.96. The van der Waals surface area contributed by atoms with E-state index in [1.54, 1.807) is 10.8 Å². The van der Waals surface area contributed by atoms with Gasteiger partial charge in [-0.05, 0) is 57.9 Å². The first-order valence-corrected chi connectivity index (χ1v) is 13.9. The van der Waals surface area contributed by atoms with Gasteiger partial charge in [0.1, 0.15) is 0 Å². The molecular weight excluding hydrogens is 364 g/mol. The molecule has 1 atom stereocenters. The molecule has 2 aliphatic carbocycles. The Morgan fingerprint density at radius 1 is 0.966 bits per heavy atom. The van der Waals surface area contributed by atoms with Crippen molar-refractivity contribution in [2.75, 3.05) is 0 Å². The molecule has 2 aliphatic rings. The quantitative estimate of drug-likeness (QED) is 0.330. The molecule has 0 aromatic heterocycles. The average molecular weight is 393 g/mol. The van der Waals surface area contributed by atoms with Gasteiger partial charge in [0, 0.05) is 5.54 Å². The number of hydrogen-bond acceptors (Lipinski definition) is 0. The van der Waals surface area contributed by atoms with Crippen molar-refractivity contribution in [3.05, 3.63) is 101 Å². The molecule has 29 heavy (non-hydrogen) atoms. The van der Waals surface area contributed by atoms with Gasteiger partial charge in [0.25, 0.3) is 0 Å². The van der Waals surface area contributed by atoms with E-state index in [0.717, 1.165) is 12.8 Å². The molecule has 0 heterocycles. The van der Waals surface area contributed by atoms with E-state index in [1.807, 2.05) is 0 Å². The van der Waals surface area contributed by atoms with E-state index in [-0.39, 0.29) is 0 Å². The van der Waals surface area contributed by atoms with Gasteiger partial charge in [-0.1, -0.05) is 104 Å². The van der Waals surface area contributed by atoms with Crippen LogP contribution in [-0.4, -0.2) is 8.07 Å². The van der Waals surface area contributed by atoms with Gasteiger partial charge in [-0.2, -0.15) is 0 Å². The number of hydrogen-bond donors (Lipinski definition) is 0. The minimum absolute atomic E-state index is 0.539. The molecule has 1 unspecified atom stereocenters. The van der Waals surface area contributed by atoms with Crippen LogP contribution < -0.4 is 5.19 Å². The first-order valence-electron chi connectivity index (χ1n) is 10.8. The molecule has 0 nitrogen and oxygen atoms in total. The zero-order valence-electron chi connectivity index (χ0n) is 17.6. The lowest BCUT2D eigenvalue weighted by molar-refractivity contribution is 1.16. The Kier molecular flexibility index (Phi) is 4.44. The number of benzene rings is 3. The second-order valence-corrected chi connectivity index (χ2v) is 13.5. The van der Waals surface area contributed by atoms with Crippen LogP contribution in [-0.2, 0) is 6.42 Å². The average Bonchev–Trinajstić information content (AvgIpc) is 3.33. The highest BCUT2D eigenvalue weighted by Gasteiger charge is 2.39. The Balaban J connectivity index is 1.55. The predicted molar refractivity (Wildman–Crippen MR) is 129 cm³/mol. The van der Waals surface area contributed by atoms with Crippen LogP contribution in [0.2, 0.25) is 13.1 Å². The lowest BCUT2D eigenvalue weighted by Gasteiger charge is -2.32. The Labute approximate surface area is 175 Å². The van der Waals surface area contributed by atoms with Crippen molar-refractivity contribution < 1.29 is 0 Å². The molecule has 5 rings (SSSR count). The van der Waals surface area contributed by atoms with Crippen LogP contribution in [0.1, 0.15) is 46.7 Å². The van der Waals surface area contributed by atoms with E-state index in [0.29, 0.717) is 5.54 Å². The standard InChI is InChI=1S/C28H28Si/c1-4-5-9-20-14-16-24-22(18-20)15-17-28(24)29(2,3)27-13-8-12-25-23-11-7-6-10-21(23)19-26(25)27/h5-18,28H,4,19H2,1-3H3/b9-5+. The van der Waals surface area contributed by atoms with Gasteiger partial charge >= 0.3 is 0 Å². The predicted octanol–water partition coefficient (Wildman–Crippen LogP) is 6.95. The first kappa shape index (κ1) is 18.4. The van der Waals surface area contributed by atoms with Crippen molar-refractivity contribution in [2.45, 2.75) is 38.4 Å². The highest BCUT2D eigenvalue weighted by atomic mass is 28.3. The molecule has 0 N–H and O–H groups in total. The zero-order valence-corrected chi connectivity index (χ0v) is 18.6. The smallest absolute Gasteiger partial charge is 0.0842 e. The lowest BCUT2D eigenvalue weighted by Crippen LogP contribution is -2.48. The van der Waals surface area contributed by atoms with Crippen LogP contribution in [0.25, 0.3) is 23.3 Å². The van der Waals surface area contributed by atoms with Gasteiger partial charge < -0.3 is 0 Å². The molecule has 3 aromatic carbocycles. The molecule has 3 aromatic rings. The molecule has 0 aliphatic heterocycles. The van der Waals surface area contributed by atoms with E-state index < -0.39 is 8.07 Å². The van der Waals surface area contributed by atoms with Crippen molar-refractivity contribution in [3.63, 3.8) is 0 Å². The van der Waals surface area contributed by atoms with Crippen LogP contribution in [0.15, 0.2) is 72.8 Å². The Morgan fingerprint density at radius 3 is 2.66 bits per heavy atom. The van der Waals surface area contributed by atoms with Crippen molar-refractivity contribution in [2.24, 2.45) is 0 Å². The van der Waals surface area contributed by atoms with E-state index >= 15 is 0 Å². The molecule has 0 spiro atoms. The summed E-state index contributed by atoms with van der Waals surface area (Å²) in [7, 11) is -1.74. The first-order chi connectivity index (χ1) is 14.1. The zero-order chi connectivity index (χ0) is 20.0. The molecule has 0 saturated heterocycles. The second kappa shape index (κ2) is 7.00. The Bertz CT molecular complexity index is 1150. The summed E-state index contributed by atoms with van der Waals surface area (Å²) in [6.07, 6.45) is 11.5. The maximum absolute atomic E-state index is 2.56. The molecule has 0 radical (unpaired) electrons. The second-order valence-electron chi connectivity index (χ2n) is 8.92. The third-order valence-corrected chi connectivity index (χ3v) is 10.7. The van der Waals surface area contributed by atoms with Crippen molar-refractivity contribution >= 4 is 25.4 Å². The van der Waals surface area contributed by atoms with Crippen molar-refractivity contribution in [3.8, 4) is 11.1 Å². The fraction of sp³-hybridized carbons (Fsp3) is 0.214. The van der Waals surface area contributed by atoms with Crippen LogP contribution in [0.4, 0.5) is 0 Å². The van der Waals surface area contributed by atoms with E-state index in [4.69, 9.17) is 0 Å². The normalized spacial score (nSPS) is 16.9. The van der Waals surface area contributed by atoms with Crippen LogP contribution in [0.5, 0.6) is 0 Å². The highest BCUT2D eigenvalue weighted by molar-refractivity contribution is 6.91. The van der Waals surface area contributed by atoms with Crippen LogP contribution in [0.3, 0.4) is 0 Å². The summed E-state index contributed by atoms with van der Waals surface area (Å²) >= 11 is 0. The fourth-order valence-corrected chi connectivity index (χ4v) is 8.72. The molecule has 0 amide bonds. The van der Waals surface area contributed by atoms with Gasteiger partial charge in [-0.15, -0.1) is 0 Å². The maximum Gasteiger partial charge on any atom is 0.0923 e. The van der Waals surface area contributed by atoms with E-state index in [9.17, 15) is 0 Å². The van der Waals surface area contributed by atoms with Crippen molar-refractivity contribution in [1.29, 1.82) is 0 Å². The van der Waals surface area contributed by atoms with Gasteiger partial charge in [-0.25, -0.2) is 0 Å². The monoisotopic (exact) mass is 392 g/mol.